The van der Waals surface area contributed by atoms with E-state index in [1.54, 1.807) is 10.9 Å². The van der Waals surface area contributed by atoms with E-state index in [1.165, 1.54) is 12.1 Å². The maximum atomic E-state index is 13.2. The zero-order valence-corrected chi connectivity index (χ0v) is 10.8. The fourth-order valence-corrected chi connectivity index (χ4v) is 1.30. The number of alkyl halides is 3. The molecule has 0 fully saturated rings. The number of nitrogens with one attached hydrogen (secondary N) is 2. The first-order valence-corrected chi connectivity index (χ1v) is 5.67. The van der Waals surface area contributed by atoms with Crippen molar-refractivity contribution in [1.82, 2.24) is 10.9 Å². The van der Waals surface area contributed by atoms with Crippen molar-refractivity contribution in [3.05, 3.63) is 35.6 Å². The molecule has 3 N–H and O–H groups in total. The molecule has 1 aromatic rings. The van der Waals surface area contributed by atoms with E-state index in [-0.39, 0.29) is 5.56 Å². The molecule has 116 valence electrons. The maximum absolute atomic E-state index is 13.2. The third-order valence-corrected chi connectivity index (χ3v) is 2.55. The number of rotatable bonds is 3. The summed E-state index contributed by atoms with van der Waals surface area (Å²) in [7, 11) is 0. The Bertz CT molecular complexity index is 544. The van der Waals surface area contributed by atoms with Crippen molar-refractivity contribution in [2.24, 2.45) is 0 Å². The second-order valence-corrected chi connectivity index (χ2v) is 4.43. The van der Waals surface area contributed by atoms with E-state index in [0.717, 1.165) is 12.1 Å². The number of aliphatic hydroxyl groups is 1. The van der Waals surface area contributed by atoms with Crippen LogP contribution < -0.4 is 10.9 Å². The molecule has 0 aliphatic rings. The molecule has 1 aromatic carbocycles. The summed E-state index contributed by atoms with van der Waals surface area (Å²) in [5.41, 5.74) is -0.197. The molecular weight excluding hydrogens is 296 g/mol. The van der Waals surface area contributed by atoms with Gasteiger partial charge in [0.15, 0.2) is 5.60 Å². The third-order valence-electron chi connectivity index (χ3n) is 2.55. The zero-order valence-electron chi connectivity index (χ0n) is 10.8. The first-order chi connectivity index (χ1) is 9.54. The number of benzene rings is 1. The van der Waals surface area contributed by atoms with Crippen molar-refractivity contribution in [3.63, 3.8) is 0 Å². The van der Waals surface area contributed by atoms with Crippen molar-refractivity contribution in [2.75, 3.05) is 0 Å². The van der Waals surface area contributed by atoms with Gasteiger partial charge in [0.05, 0.1) is 12.0 Å². The van der Waals surface area contributed by atoms with E-state index in [0.29, 0.717) is 6.92 Å². The molecule has 0 saturated heterocycles. The van der Waals surface area contributed by atoms with Crippen LogP contribution in [0.5, 0.6) is 0 Å². The number of halogens is 4. The lowest BCUT2D eigenvalue weighted by Gasteiger charge is -2.25. The van der Waals surface area contributed by atoms with E-state index >= 15 is 0 Å². The van der Waals surface area contributed by atoms with E-state index in [1.807, 2.05) is 0 Å². The predicted octanol–water partition coefficient (Wildman–Crippen LogP) is 1.29. The molecule has 0 radical (unpaired) electrons. The van der Waals surface area contributed by atoms with Gasteiger partial charge in [0.1, 0.15) is 5.82 Å². The van der Waals surface area contributed by atoms with E-state index in [2.05, 4.69) is 0 Å². The highest BCUT2D eigenvalue weighted by Crippen LogP contribution is 2.32. The Labute approximate surface area is 116 Å². The minimum absolute atomic E-state index is 0.389. The van der Waals surface area contributed by atoms with Gasteiger partial charge in [-0.05, 0) is 19.1 Å². The monoisotopic (exact) mass is 308 g/mol. The number of carbonyl (C=O) groups excluding carboxylic acids is 2. The molecule has 9 heteroatoms. The van der Waals surface area contributed by atoms with Crippen LogP contribution in [0.4, 0.5) is 17.6 Å². The van der Waals surface area contributed by atoms with Crippen LogP contribution in [0, 0.1) is 5.82 Å². The molecule has 0 aromatic heterocycles. The van der Waals surface area contributed by atoms with Gasteiger partial charge in [-0.25, -0.2) is 4.39 Å². The van der Waals surface area contributed by atoms with E-state index in [9.17, 15) is 27.2 Å². The summed E-state index contributed by atoms with van der Waals surface area (Å²) in [5, 5.41) is 9.09. The van der Waals surface area contributed by atoms with Gasteiger partial charge in [-0.3, -0.25) is 20.4 Å². The SMILES string of the molecule is C[C@@](O)(CC(=O)NNC(=O)c1ccccc1F)C(F)(F)F. The summed E-state index contributed by atoms with van der Waals surface area (Å²) in [4.78, 5) is 22.7. The Morgan fingerprint density at radius 2 is 1.76 bits per heavy atom. The van der Waals surface area contributed by atoms with Crippen molar-refractivity contribution in [2.45, 2.75) is 25.1 Å². The van der Waals surface area contributed by atoms with Crippen molar-refractivity contribution < 1.29 is 32.3 Å². The van der Waals surface area contributed by atoms with Gasteiger partial charge in [-0.1, -0.05) is 12.1 Å². The Kier molecular flexibility index (Phi) is 4.89. The molecule has 1 atom stereocenters. The lowest BCUT2D eigenvalue weighted by molar-refractivity contribution is -0.253. The lowest BCUT2D eigenvalue weighted by Crippen LogP contribution is -2.49. The molecule has 0 aliphatic heterocycles. The van der Waals surface area contributed by atoms with Crippen LogP contribution in [0.3, 0.4) is 0 Å². The molecule has 21 heavy (non-hydrogen) atoms. The molecule has 0 spiro atoms. The zero-order chi connectivity index (χ0) is 16.3. The van der Waals surface area contributed by atoms with Crippen LogP contribution in [-0.2, 0) is 4.79 Å². The minimum Gasteiger partial charge on any atom is -0.380 e. The number of hydrogen-bond donors (Lipinski definition) is 3. The van der Waals surface area contributed by atoms with Crippen LogP contribution >= 0.6 is 0 Å². The molecule has 5 nitrogen and oxygen atoms in total. The smallest absolute Gasteiger partial charge is 0.380 e. The highest BCUT2D eigenvalue weighted by molar-refractivity contribution is 5.95. The molecular formula is C12H12F4N2O3. The maximum Gasteiger partial charge on any atom is 0.417 e. The second-order valence-electron chi connectivity index (χ2n) is 4.43. The summed E-state index contributed by atoms with van der Waals surface area (Å²) >= 11 is 0. The van der Waals surface area contributed by atoms with E-state index in [4.69, 9.17) is 5.11 Å². The highest BCUT2D eigenvalue weighted by atomic mass is 19.4. The quantitative estimate of drug-likeness (QED) is 0.581. The summed E-state index contributed by atoms with van der Waals surface area (Å²) < 4.78 is 50.3. The van der Waals surface area contributed by atoms with Crippen LogP contribution in [0.2, 0.25) is 0 Å². The molecule has 2 amide bonds. The Morgan fingerprint density at radius 1 is 1.19 bits per heavy atom. The molecule has 0 unspecified atom stereocenters. The molecule has 1 rings (SSSR count). The second kappa shape index (κ2) is 6.08. The van der Waals surface area contributed by atoms with Gasteiger partial charge in [0.25, 0.3) is 5.91 Å². The van der Waals surface area contributed by atoms with Crippen LogP contribution in [0.25, 0.3) is 0 Å². The van der Waals surface area contributed by atoms with Gasteiger partial charge in [0, 0.05) is 0 Å². The number of carbonyl (C=O) groups is 2. The number of hydrazine groups is 1. The third kappa shape index (κ3) is 4.42. The van der Waals surface area contributed by atoms with Crippen molar-refractivity contribution >= 4 is 11.8 Å². The largest absolute Gasteiger partial charge is 0.417 e. The average Bonchev–Trinajstić information content (AvgIpc) is 2.34. The highest BCUT2D eigenvalue weighted by Gasteiger charge is 2.51. The molecule has 0 heterocycles. The van der Waals surface area contributed by atoms with Crippen molar-refractivity contribution in [3.8, 4) is 0 Å². The van der Waals surface area contributed by atoms with Crippen LogP contribution in [0.1, 0.15) is 23.7 Å². The van der Waals surface area contributed by atoms with Gasteiger partial charge in [0.2, 0.25) is 5.91 Å². The van der Waals surface area contributed by atoms with Crippen LogP contribution in [-0.4, -0.2) is 28.7 Å². The predicted molar refractivity (Wildman–Crippen MR) is 63.3 cm³/mol. The minimum atomic E-state index is -5.00. The lowest BCUT2D eigenvalue weighted by atomic mass is 10.0. The fourth-order valence-electron chi connectivity index (χ4n) is 1.30. The van der Waals surface area contributed by atoms with Gasteiger partial charge < -0.3 is 5.11 Å². The Balaban J connectivity index is 2.58. The van der Waals surface area contributed by atoms with Gasteiger partial charge in [-0.15, -0.1) is 0 Å². The first-order valence-electron chi connectivity index (χ1n) is 5.67. The average molecular weight is 308 g/mol. The summed E-state index contributed by atoms with van der Waals surface area (Å²) in [6, 6.07) is 4.84. The Hall–Kier alpha value is -2.16. The molecule has 0 aliphatic carbocycles. The first kappa shape index (κ1) is 16.9. The van der Waals surface area contributed by atoms with Crippen molar-refractivity contribution in [1.29, 1.82) is 0 Å². The summed E-state index contributed by atoms with van der Waals surface area (Å²) in [6.07, 6.45) is -6.31. The molecule has 0 saturated carbocycles. The molecule has 0 bridgehead atoms. The summed E-state index contributed by atoms with van der Waals surface area (Å²) in [6.45, 7) is 0.422. The normalized spacial score (nSPS) is 14.2. The fraction of sp³-hybridized carbons (Fsp3) is 0.333. The van der Waals surface area contributed by atoms with E-state index < -0.39 is 35.8 Å². The summed E-state index contributed by atoms with van der Waals surface area (Å²) in [5.74, 6) is -3.17. The van der Waals surface area contributed by atoms with Crippen LogP contribution in [0.15, 0.2) is 24.3 Å². The topological polar surface area (TPSA) is 78.4 Å². The number of amides is 2. The van der Waals surface area contributed by atoms with Gasteiger partial charge >= 0.3 is 6.18 Å². The van der Waals surface area contributed by atoms with Gasteiger partial charge in [-0.2, -0.15) is 13.2 Å². The standard InChI is InChI=1S/C12H12F4N2O3/c1-11(21,12(14,15)16)6-9(19)17-18-10(20)7-4-2-3-5-8(7)13/h2-5,21H,6H2,1H3,(H,17,19)(H,18,20)/t11-/m1/s1. The number of hydrogen-bond acceptors (Lipinski definition) is 3. The Morgan fingerprint density at radius 3 is 2.29 bits per heavy atom.